The number of alkyl halides is 2. The van der Waals surface area contributed by atoms with E-state index in [1.54, 1.807) is 13.0 Å². The van der Waals surface area contributed by atoms with E-state index in [1.165, 1.54) is 6.20 Å². The van der Waals surface area contributed by atoms with Crippen LogP contribution in [0.25, 0.3) is 0 Å². The van der Waals surface area contributed by atoms with Crippen LogP contribution in [0.2, 0.25) is 5.15 Å². The molecule has 0 bridgehead atoms. The van der Waals surface area contributed by atoms with Crippen molar-refractivity contribution in [1.82, 2.24) is 4.98 Å². The van der Waals surface area contributed by atoms with Crippen LogP contribution in [0.15, 0.2) is 12.3 Å². The van der Waals surface area contributed by atoms with Gasteiger partial charge in [0.1, 0.15) is 5.15 Å². The van der Waals surface area contributed by atoms with Gasteiger partial charge in [0.25, 0.3) is 6.43 Å². The first-order valence-corrected chi connectivity index (χ1v) is 4.53. The lowest BCUT2D eigenvalue weighted by Crippen LogP contribution is -2.30. The second-order valence-electron chi connectivity index (χ2n) is 3.15. The van der Waals surface area contributed by atoms with Gasteiger partial charge in [0.2, 0.25) is 0 Å². The Hall–Kier alpha value is -0.740. The number of rotatable bonds is 3. The fraction of sp³-hybridized carbons (Fsp3) is 0.444. The molecule has 14 heavy (non-hydrogen) atoms. The summed E-state index contributed by atoms with van der Waals surface area (Å²) in [6.45, 7) is 1.77. The zero-order chi connectivity index (χ0) is 10.7. The Morgan fingerprint density at radius 2 is 2.21 bits per heavy atom. The van der Waals surface area contributed by atoms with Crippen molar-refractivity contribution in [3.63, 3.8) is 0 Å². The number of halogens is 3. The van der Waals surface area contributed by atoms with E-state index in [-0.39, 0.29) is 6.42 Å². The van der Waals surface area contributed by atoms with Crippen molar-refractivity contribution < 1.29 is 8.78 Å². The van der Waals surface area contributed by atoms with E-state index >= 15 is 0 Å². The third kappa shape index (κ3) is 2.89. The summed E-state index contributed by atoms with van der Waals surface area (Å²) < 4.78 is 24.2. The van der Waals surface area contributed by atoms with Crippen molar-refractivity contribution in [3.05, 3.63) is 28.5 Å². The molecule has 0 aliphatic heterocycles. The Labute approximate surface area is 86.1 Å². The van der Waals surface area contributed by atoms with E-state index in [2.05, 4.69) is 4.98 Å². The molecule has 1 heterocycles. The predicted octanol–water partition coefficient (Wildman–Crippen LogP) is 2.18. The molecule has 0 amide bonds. The van der Waals surface area contributed by atoms with Crippen LogP contribution in [0.4, 0.5) is 8.78 Å². The van der Waals surface area contributed by atoms with Crippen molar-refractivity contribution in [3.8, 4) is 0 Å². The van der Waals surface area contributed by atoms with Gasteiger partial charge in [-0.25, -0.2) is 13.8 Å². The molecular weight excluding hydrogens is 210 g/mol. The van der Waals surface area contributed by atoms with Gasteiger partial charge in [-0.3, -0.25) is 0 Å². The molecule has 0 aromatic carbocycles. The van der Waals surface area contributed by atoms with Gasteiger partial charge in [0.15, 0.2) is 0 Å². The van der Waals surface area contributed by atoms with E-state index < -0.39 is 12.5 Å². The lowest BCUT2D eigenvalue weighted by molar-refractivity contribution is 0.116. The number of hydrogen-bond donors (Lipinski definition) is 1. The highest BCUT2D eigenvalue weighted by molar-refractivity contribution is 6.30. The number of nitrogens with zero attached hydrogens (tertiary/aromatic N) is 1. The van der Waals surface area contributed by atoms with Gasteiger partial charge in [-0.1, -0.05) is 17.7 Å². The molecule has 1 aromatic rings. The van der Waals surface area contributed by atoms with Gasteiger partial charge in [-0.2, -0.15) is 0 Å². The van der Waals surface area contributed by atoms with Crippen LogP contribution in [-0.4, -0.2) is 17.5 Å². The van der Waals surface area contributed by atoms with Crippen LogP contribution in [0.3, 0.4) is 0 Å². The van der Waals surface area contributed by atoms with Crippen molar-refractivity contribution in [2.24, 2.45) is 5.73 Å². The van der Waals surface area contributed by atoms with Gasteiger partial charge >= 0.3 is 0 Å². The molecule has 1 atom stereocenters. The van der Waals surface area contributed by atoms with E-state index in [0.29, 0.717) is 10.7 Å². The minimum absolute atomic E-state index is 0.114. The van der Waals surface area contributed by atoms with E-state index in [4.69, 9.17) is 17.3 Å². The third-order valence-electron chi connectivity index (χ3n) is 1.87. The van der Waals surface area contributed by atoms with Gasteiger partial charge in [0.05, 0.1) is 6.04 Å². The van der Waals surface area contributed by atoms with Gasteiger partial charge in [-0.05, 0) is 24.5 Å². The molecule has 1 rings (SSSR count). The molecule has 0 saturated carbocycles. The van der Waals surface area contributed by atoms with Crippen molar-refractivity contribution in [2.45, 2.75) is 25.8 Å². The fourth-order valence-corrected chi connectivity index (χ4v) is 1.19. The number of pyridine rings is 1. The first kappa shape index (κ1) is 11.3. The lowest BCUT2D eigenvalue weighted by atomic mass is 10.1. The zero-order valence-corrected chi connectivity index (χ0v) is 8.43. The van der Waals surface area contributed by atoms with Crippen LogP contribution in [0.1, 0.15) is 11.1 Å². The fourth-order valence-electron chi connectivity index (χ4n) is 1.09. The average Bonchev–Trinajstić information content (AvgIpc) is 2.11. The van der Waals surface area contributed by atoms with Gasteiger partial charge < -0.3 is 5.73 Å². The second-order valence-corrected chi connectivity index (χ2v) is 3.51. The highest BCUT2D eigenvalue weighted by Gasteiger charge is 2.15. The standard InChI is InChI=1S/C9H11ClF2N2/c1-5-2-6(4-14-8(5)10)3-7(13)9(11)12/h2,4,7,9H,3,13H2,1H3. The number of aromatic nitrogens is 1. The molecule has 0 saturated heterocycles. The molecule has 0 radical (unpaired) electrons. The molecule has 2 N–H and O–H groups in total. The van der Waals surface area contributed by atoms with Crippen molar-refractivity contribution in [2.75, 3.05) is 0 Å². The second kappa shape index (κ2) is 4.66. The molecule has 0 fully saturated rings. The Morgan fingerprint density at radius 3 is 2.71 bits per heavy atom. The summed E-state index contributed by atoms with van der Waals surface area (Å²) in [6.07, 6.45) is -0.925. The maximum absolute atomic E-state index is 12.1. The Morgan fingerprint density at radius 1 is 1.57 bits per heavy atom. The third-order valence-corrected chi connectivity index (χ3v) is 2.26. The molecule has 5 heteroatoms. The predicted molar refractivity (Wildman–Crippen MR) is 51.7 cm³/mol. The monoisotopic (exact) mass is 220 g/mol. The molecule has 0 aliphatic rings. The van der Waals surface area contributed by atoms with Crippen molar-refractivity contribution in [1.29, 1.82) is 0 Å². The average molecular weight is 221 g/mol. The molecule has 1 aromatic heterocycles. The van der Waals surface area contributed by atoms with E-state index in [0.717, 1.165) is 5.56 Å². The van der Waals surface area contributed by atoms with Crippen molar-refractivity contribution >= 4 is 11.6 Å². The SMILES string of the molecule is Cc1cc(CC(N)C(F)F)cnc1Cl. The zero-order valence-electron chi connectivity index (χ0n) is 7.67. The molecular formula is C9H11ClF2N2. The normalized spacial score (nSPS) is 13.3. The summed E-state index contributed by atoms with van der Waals surface area (Å²) in [5, 5.41) is 0.388. The van der Waals surface area contributed by atoms with Crippen LogP contribution >= 0.6 is 11.6 Å². The lowest BCUT2D eigenvalue weighted by Gasteiger charge is -2.10. The number of aryl methyl sites for hydroxylation is 1. The summed E-state index contributed by atoms with van der Waals surface area (Å²) in [5.74, 6) is 0. The van der Waals surface area contributed by atoms with Crippen LogP contribution in [-0.2, 0) is 6.42 Å². The topological polar surface area (TPSA) is 38.9 Å². The summed E-state index contributed by atoms with van der Waals surface area (Å²) in [5.41, 5.74) is 6.68. The smallest absolute Gasteiger partial charge is 0.253 e. The Bertz CT molecular complexity index is 318. The molecule has 2 nitrogen and oxygen atoms in total. The summed E-state index contributed by atoms with van der Waals surface area (Å²) >= 11 is 5.69. The van der Waals surface area contributed by atoms with Crippen LogP contribution in [0.5, 0.6) is 0 Å². The van der Waals surface area contributed by atoms with E-state index in [9.17, 15) is 8.78 Å². The molecule has 0 spiro atoms. The highest BCUT2D eigenvalue weighted by atomic mass is 35.5. The highest BCUT2D eigenvalue weighted by Crippen LogP contribution is 2.14. The molecule has 78 valence electrons. The first-order valence-electron chi connectivity index (χ1n) is 4.15. The number of nitrogens with two attached hydrogens (primary N) is 1. The van der Waals surface area contributed by atoms with Crippen LogP contribution in [0, 0.1) is 6.92 Å². The van der Waals surface area contributed by atoms with Crippen LogP contribution < -0.4 is 5.73 Å². The molecule has 0 aliphatic carbocycles. The summed E-state index contributed by atoms with van der Waals surface area (Å²) in [4.78, 5) is 3.86. The maximum atomic E-state index is 12.1. The first-order chi connectivity index (χ1) is 6.50. The Balaban J connectivity index is 2.73. The van der Waals surface area contributed by atoms with Gasteiger partial charge in [-0.15, -0.1) is 0 Å². The van der Waals surface area contributed by atoms with Gasteiger partial charge in [0, 0.05) is 6.20 Å². The van der Waals surface area contributed by atoms with E-state index in [1.807, 2.05) is 0 Å². The quantitative estimate of drug-likeness (QED) is 0.793. The minimum atomic E-state index is -2.51. The summed E-state index contributed by atoms with van der Waals surface area (Å²) in [7, 11) is 0. The largest absolute Gasteiger partial charge is 0.323 e. The summed E-state index contributed by atoms with van der Waals surface area (Å²) in [6, 6.07) is 0.578. The Kier molecular flexibility index (Phi) is 3.77. The maximum Gasteiger partial charge on any atom is 0.253 e. The molecule has 1 unspecified atom stereocenters. The number of hydrogen-bond acceptors (Lipinski definition) is 2. The minimum Gasteiger partial charge on any atom is -0.323 e.